The van der Waals surface area contributed by atoms with Gasteiger partial charge in [0.15, 0.2) is 0 Å². The van der Waals surface area contributed by atoms with Crippen molar-refractivity contribution in [2.24, 2.45) is 0 Å². The van der Waals surface area contributed by atoms with Gasteiger partial charge in [0.25, 0.3) is 0 Å². The number of pyridine rings is 1. The van der Waals surface area contributed by atoms with Gasteiger partial charge in [-0.1, -0.05) is 48.5 Å². The van der Waals surface area contributed by atoms with E-state index in [0.29, 0.717) is 6.54 Å². The van der Waals surface area contributed by atoms with Crippen molar-refractivity contribution in [2.75, 3.05) is 26.2 Å². The van der Waals surface area contributed by atoms with Crippen LogP contribution in [0.4, 0.5) is 0 Å². The minimum Gasteiger partial charge on any atom is -0.348 e. The highest BCUT2D eigenvalue weighted by molar-refractivity contribution is 5.87. The van der Waals surface area contributed by atoms with Gasteiger partial charge >= 0.3 is 0 Å². The number of nitrogens with zero attached hydrogens (tertiary/aromatic N) is 2. The number of fused-ring (bicyclic) bond motifs is 1. The second-order valence-electron chi connectivity index (χ2n) is 7.33. The van der Waals surface area contributed by atoms with Gasteiger partial charge in [0, 0.05) is 38.1 Å². The third kappa shape index (κ3) is 4.06. The SMILES string of the molecule is CC(NC(=O)CN1CCNCC1c1cccnc1)c1cccc2ccccc12. The summed E-state index contributed by atoms with van der Waals surface area (Å²) >= 11 is 0. The van der Waals surface area contributed by atoms with Gasteiger partial charge in [0.1, 0.15) is 0 Å². The van der Waals surface area contributed by atoms with Crippen LogP contribution in [0.2, 0.25) is 0 Å². The summed E-state index contributed by atoms with van der Waals surface area (Å²) in [5, 5.41) is 9.00. The monoisotopic (exact) mass is 374 g/mol. The molecule has 28 heavy (non-hydrogen) atoms. The van der Waals surface area contributed by atoms with E-state index in [1.54, 1.807) is 6.20 Å². The Balaban J connectivity index is 1.45. The first-order valence-corrected chi connectivity index (χ1v) is 9.84. The molecule has 2 atom stereocenters. The highest BCUT2D eigenvalue weighted by Crippen LogP contribution is 2.25. The van der Waals surface area contributed by atoms with E-state index >= 15 is 0 Å². The molecule has 144 valence electrons. The second kappa shape index (κ2) is 8.50. The Morgan fingerprint density at radius 1 is 1.21 bits per heavy atom. The van der Waals surface area contributed by atoms with Gasteiger partial charge < -0.3 is 10.6 Å². The molecule has 2 unspecified atom stereocenters. The van der Waals surface area contributed by atoms with Crippen molar-refractivity contribution in [1.82, 2.24) is 20.5 Å². The van der Waals surface area contributed by atoms with Gasteiger partial charge in [0.05, 0.1) is 12.6 Å². The Morgan fingerprint density at radius 3 is 2.93 bits per heavy atom. The van der Waals surface area contributed by atoms with Gasteiger partial charge in [-0.25, -0.2) is 0 Å². The third-order valence-electron chi connectivity index (χ3n) is 5.44. The minimum atomic E-state index is -0.0432. The molecule has 2 aromatic carbocycles. The first kappa shape index (κ1) is 18.6. The summed E-state index contributed by atoms with van der Waals surface area (Å²) in [6, 6.07) is 18.7. The molecule has 5 nitrogen and oxygen atoms in total. The van der Waals surface area contributed by atoms with Crippen molar-refractivity contribution >= 4 is 16.7 Å². The maximum Gasteiger partial charge on any atom is 0.234 e. The Hall–Kier alpha value is -2.76. The fourth-order valence-electron chi connectivity index (χ4n) is 4.01. The zero-order chi connectivity index (χ0) is 19.3. The van der Waals surface area contributed by atoms with E-state index in [1.165, 1.54) is 10.8 Å². The Bertz CT molecular complexity index is 938. The van der Waals surface area contributed by atoms with E-state index in [9.17, 15) is 4.79 Å². The molecule has 0 saturated carbocycles. The molecule has 0 spiro atoms. The van der Waals surface area contributed by atoms with Crippen LogP contribution in [0.25, 0.3) is 10.8 Å². The van der Waals surface area contributed by atoms with Crippen LogP contribution in [-0.2, 0) is 4.79 Å². The number of hydrogen-bond donors (Lipinski definition) is 2. The van der Waals surface area contributed by atoms with E-state index in [0.717, 1.165) is 30.8 Å². The number of aromatic nitrogens is 1. The van der Waals surface area contributed by atoms with Crippen molar-refractivity contribution in [3.8, 4) is 0 Å². The molecule has 0 bridgehead atoms. The summed E-state index contributed by atoms with van der Waals surface area (Å²) in [6.07, 6.45) is 3.67. The van der Waals surface area contributed by atoms with Crippen LogP contribution in [0.3, 0.4) is 0 Å². The quantitative estimate of drug-likeness (QED) is 0.721. The molecule has 1 aliphatic rings. The summed E-state index contributed by atoms with van der Waals surface area (Å²) < 4.78 is 0. The first-order valence-electron chi connectivity index (χ1n) is 9.84. The standard InChI is InChI=1S/C23H26N4O/c1-17(20-10-4-7-18-6-2-3-9-21(18)20)26-23(28)16-27-13-12-25-15-22(27)19-8-5-11-24-14-19/h2-11,14,17,22,25H,12-13,15-16H2,1H3,(H,26,28). The van der Waals surface area contributed by atoms with Crippen LogP contribution < -0.4 is 10.6 Å². The first-order chi connectivity index (χ1) is 13.7. The maximum atomic E-state index is 12.8. The van der Waals surface area contributed by atoms with Crippen LogP contribution in [0, 0.1) is 0 Å². The highest BCUT2D eigenvalue weighted by atomic mass is 16.2. The lowest BCUT2D eigenvalue weighted by atomic mass is 9.99. The smallest absolute Gasteiger partial charge is 0.234 e. The second-order valence-corrected chi connectivity index (χ2v) is 7.33. The van der Waals surface area contributed by atoms with Crippen LogP contribution in [-0.4, -0.2) is 42.0 Å². The molecular formula is C23H26N4O. The Labute approximate surface area is 165 Å². The van der Waals surface area contributed by atoms with E-state index in [4.69, 9.17) is 0 Å². The molecule has 1 aliphatic heterocycles. The van der Waals surface area contributed by atoms with Crippen LogP contribution in [0.15, 0.2) is 67.0 Å². The minimum absolute atomic E-state index is 0.0432. The molecule has 1 saturated heterocycles. The fourth-order valence-corrected chi connectivity index (χ4v) is 4.01. The number of benzene rings is 2. The molecule has 2 N–H and O–H groups in total. The lowest BCUT2D eigenvalue weighted by Gasteiger charge is -2.36. The Morgan fingerprint density at radius 2 is 2.07 bits per heavy atom. The molecular weight excluding hydrogens is 348 g/mol. The number of amides is 1. The van der Waals surface area contributed by atoms with Gasteiger partial charge in [-0.15, -0.1) is 0 Å². The van der Waals surface area contributed by atoms with Crippen molar-refractivity contribution in [3.05, 3.63) is 78.1 Å². The van der Waals surface area contributed by atoms with Crippen molar-refractivity contribution in [1.29, 1.82) is 0 Å². The maximum absolute atomic E-state index is 12.8. The number of hydrogen-bond acceptors (Lipinski definition) is 4. The van der Waals surface area contributed by atoms with Crippen LogP contribution in [0.5, 0.6) is 0 Å². The van der Waals surface area contributed by atoms with Crippen molar-refractivity contribution in [2.45, 2.75) is 19.0 Å². The zero-order valence-electron chi connectivity index (χ0n) is 16.1. The average Bonchev–Trinajstić information content (AvgIpc) is 2.74. The molecule has 5 heteroatoms. The molecule has 2 heterocycles. The summed E-state index contributed by atoms with van der Waals surface area (Å²) in [4.78, 5) is 19.3. The van der Waals surface area contributed by atoms with Crippen molar-refractivity contribution in [3.63, 3.8) is 0 Å². The fraction of sp³-hybridized carbons (Fsp3) is 0.304. The van der Waals surface area contributed by atoms with Gasteiger partial charge in [-0.05, 0) is 34.9 Å². The predicted octanol–water partition coefficient (Wildman–Crippen LogP) is 3.06. The summed E-state index contributed by atoms with van der Waals surface area (Å²) in [5.74, 6) is 0.0521. The number of nitrogens with one attached hydrogen (secondary N) is 2. The van der Waals surface area contributed by atoms with Crippen molar-refractivity contribution < 1.29 is 4.79 Å². The van der Waals surface area contributed by atoms with Gasteiger partial charge in [0.2, 0.25) is 5.91 Å². The van der Waals surface area contributed by atoms with Gasteiger partial charge in [-0.2, -0.15) is 0 Å². The number of carbonyl (C=O) groups excluding carboxylic acids is 1. The third-order valence-corrected chi connectivity index (χ3v) is 5.44. The molecule has 0 radical (unpaired) electrons. The normalized spacial score (nSPS) is 18.7. The zero-order valence-corrected chi connectivity index (χ0v) is 16.1. The van der Waals surface area contributed by atoms with E-state index in [-0.39, 0.29) is 18.0 Å². The molecule has 1 amide bonds. The largest absolute Gasteiger partial charge is 0.348 e. The van der Waals surface area contributed by atoms with E-state index in [1.807, 2.05) is 24.4 Å². The van der Waals surface area contributed by atoms with E-state index in [2.05, 4.69) is 63.8 Å². The highest BCUT2D eigenvalue weighted by Gasteiger charge is 2.26. The van der Waals surface area contributed by atoms with E-state index < -0.39 is 0 Å². The number of rotatable bonds is 5. The number of carbonyl (C=O) groups is 1. The molecule has 1 fully saturated rings. The predicted molar refractivity (Wildman–Crippen MR) is 112 cm³/mol. The Kier molecular flexibility index (Phi) is 5.65. The summed E-state index contributed by atoms with van der Waals surface area (Å²) in [7, 11) is 0. The molecule has 3 aromatic rings. The topological polar surface area (TPSA) is 57.3 Å². The molecule has 0 aliphatic carbocycles. The molecule has 4 rings (SSSR count). The number of piperazine rings is 1. The summed E-state index contributed by atoms with van der Waals surface area (Å²) in [6.45, 7) is 5.00. The lowest BCUT2D eigenvalue weighted by Crippen LogP contribution is -2.49. The van der Waals surface area contributed by atoms with Crippen LogP contribution >= 0.6 is 0 Å². The van der Waals surface area contributed by atoms with Crippen LogP contribution in [0.1, 0.15) is 30.1 Å². The van der Waals surface area contributed by atoms with Gasteiger partial charge in [-0.3, -0.25) is 14.7 Å². The average molecular weight is 374 g/mol. The summed E-state index contributed by atoms with van der Waals surface area (Å²) in [5.41, 5.74) is 2.29. The lowest BCUT2D eigenvalue weighted by molar-refractivity contribution is -0.123. The molecule has 1 aromatic heterocycles.